The Bertz CT molecular complexity index is 2510. The van der Waals surface area contributed by atoms with Crippen LogP contribution >= 0.6 is 23.1 Å². The Morgan fingerprint density at radius 1 is 0.938 bits per heavy atom. The maximum atomic E-state index is 14.3. The number of nitrogens with zero attached hydrogens (tertiary/aromatic N) is 7. The van der Waals surface area contributed by atoms with Crippen molar-refractivity contribution in [3.63, 3.8) is 0 Å². The summed E-state index contributed by atoms with van der Waals surface area (Å²) in [6.45, 7) is 14.5. The Morgan fingerprint density at radius 3 is 2.35 bits per heavy atom. The van der Waals surface area contributed by atoms with E-state index in [2.05, 4.69) is 48.4 Å². The van der Waals surface area contributed by atoms with E-state index in [0.717, 1.165) is 103 Å². The largest absolute Gasteiger partial charge is 0.391 e. The fraction of sp³-hybridized carbons (Fsp3) is 0.469. The van der Waals surface area contributed by atoms with Gasteiger partial charge in [0, 0.05) is 85.9 Å². The molecule has 3 saturated heterocycles. The predicted molar refractivity (Wildman–Crippen MR) is 254 cm³/mol. The molecule has 6 heterocycles. The number of aromatic nitrogens is 2. The number of piperazine rings is 1. The number of rotatable bonds is 13. The van der Waals surface area contributed by atoms with Gasteiger partial charge in [-0.25, -0.2) is 4.98 Å². The fourth-order valence-corrected chi connectivity index (χ4v) is 11.9. The van der Waals surface area contributed by atoms with Gasteiger partial charge in [0.05, 0.1) is 33.2 Å². The summed E-state index contributed by atoms with van der Waals surface area (Å²) in [4.78, 5) is 55.5. The third-order valence-corrected chi connectivity index (χ3v) is 16.0. The van der Waals surface area contributed by atoms with Crippen LogP contribution in [0.15, 0.2) is 86.6 Å². The monoisotopic (exact) mass is 918 g/mol. The number of fused-ring (bicyclic) bond motifs is 2. The van der Waals surface area contributed by atoms with E-state index >= 15 is 0 Å². The molecule has 5 aromatic rings. The second-order valence-corrected chi connectivity index (χ2v) is 20.4. The molecule has 3 fully saturated rings. The van der Waals surface area contributed by atoms with Gasteiger partial charge < -0.3 is 29.6 Å². The lowest BCUT2D eigenvalue weighted by atomic mass is 9.91. The lowest BCUT2D eigenvalue weighted by Gasteiger charge is -2.37. The van der Waals surface area contributed by atoms with E-state index in [0.29, 0.717) is 11.7 Å². The highest BCUT2D eigenvalue weighted by Gasteiger charge is 2.44. The molecule has 4 aliphatic heterocycles. The number of amides is 2. The number of likely N-dealkylation sites (tertiary alicyclic amines) is 1. The zero-order chi connectivity index (χ0) is 45.4. The second kappa shape index (κ2) is 19.3. The number of thiazole rings is 1. The van der Waals surface area contributed by atoms with Crippen molar-refractivity contribution in [3.8, 4) is 10.4 Å². The Balaban J connectivity index is 0.740. The molecule has 0 bridgehead atoms. The number of aliphatic hydroxyl groups is 1. The van der Waals surface area contributed by atoms with E-state index in [4.69, 9.17) is 4.52 Å². The van der Waals surface area contributed by atoms with Crippen LogP contribution in [-0.2, 0) is 16.0 Å². The number of anilines is 2. The minimum atomic E-state index is -0.801. The average molecular weight is 919 g/mol. The summed E-state index contributed by atoms with van der Waals surface area (Å²) >= 11 is 3.24. The molecule has 2 amide bonds. The number of nitrogens with one attached hydrogen (secondary N) is 1. The van der Waals surface area contributed by atoms with Crippen LogP contribution in [0.5, 0.6) is 0 Å². The first-order chi connectivity index (χ1) is 31.4. The summed E-state index contributed by atoms with van der Waals surface area (Å²) in [5.41, 5.74) is 8.64. The maximum absolute atomic E-state index is 14.3. The standard InChI is InChI=1S/C49H58N8O6S2/c1-30(2)46(49(60)56-28-40(58)26-41(56)48(59)51-31(3)34-5-7-35(8-6-34)47-32(4)50-29-64-47)42-27-45(52-63-42)55-21-19-53(20-22-55)16-13-33-14-17-54(18-15-33)38-11-9-36-23-37-10-12-39(57(61)62)25-44(37)65-43(36)24-38/h5-12,24-25,27,29-31,33,40-41,46,58H,13-23,26,28H2,1-4H3,(H,51,59)/t31-,40+,41-,46+/m0/s1. The molecule has 0 aliphatic carbocycles. The fourth-order valence-electron chi connectivity index (χ4n) is 9.94. The normalized spacial score (nSPS) is 20.1. The van der Waals surface area contributed by atoms with Crippen molar-refractivity contribution in [2.24, 2.45) is 11.8 Å². The highest BCUT2D eigenvalue weighted by atomic mass is 32.2. The Kier molecular flexibility index (Phi) is 13.3. The summed E-state index contributed by atoms with van der Waals surface area (Å²) in [7, 11) is 0. The predicted octanol–water partition coefficient (Wildman–Crippen LogP) is 8.08. The first-order valence-electron chi connectivity index (χ1n) is 22.9. The van der Waals surface area contributed by atoms with Crippen molar-refractivity contribution in [2.75, 3.05) is 62.2 Å². The minimum absolute atomic E-state index is 0.0839. The van der Waals surface area contributed by atoms with Gasteiger partial charge >= 0.3 is 0 Å². The zero-order valence-electron chi connectivity index (χ0n) is 37.5. The molecule has 0 saturated carbocycles. The Hall–Kier alpha value is -5.29. The summed E-state index contributed by atoms with van der Waals surface area (Å²) in [6, 6.07) is 20.8. The Labute approximate surface area is 388 Å². The number of hydrogen-bond acceptors (Lipinski definition) is 13. The van der Waals surface area contributed by atoms with Crippen LogP contribution < -0.4 is 15.1 Å². The average Bonchev–Trinajstić information content (AvgIpc) is 4.08. The number of aryl methyl sites for hydroxylation is 1. The first kappa shape index (κ1) is 44.9. The number of nitro groups is 1. The van der Waals surface area contributed by atoms with Crippen molar-refractivity contribution in [3.05, 3.63) is 110 Å². The molecule has 4 aliphatic rings. The number of β-amino-alcohol motifs (C(OH)–C–C–N with tert-alkyl or cyclic N) is 1. The van der Waals surface area contributed by atoms with E-state index < -0.39 is 18.1 Å². The van der Waals surface area contributed by atoms with Gasteiger partial charge in [-0.2, -0.15) is 0 Å². The van der Waals surface area contributed by atoms with E-state index in [9.17, 15) is 24.8 Å². The molecule has 16 heteroatoms. The maximum Gasteiger partial charge on any atom is 0.270 e. The number of aliphatic hydroxyl groups excluding tert-OH is 1. The number of carbonyl (C=O) groups is 2. The molecular weight excluding hydrogens is 861 g/mol. The molecule has 3 aromatic carbocycles. The molecule has 0 unspecified atom stereocenters. The van der Waals surface area contributed by atoms with Crippen molar-refractivity contribution in [2.45, 2.75) is 93.7 Å². The zero-order valence-corrected chi connectivity index (χ0v) is 39.2. The highest BCUT2D eigenvalue weighted by molar-refractivity contribution is 7.99. The molecule has 342 valence electrons. The van der Waals surface area contributed by atoms with Crippen LogP contribution in [0.2, 0.25) is 0 Å². The number of benzene rings is 3. The van der Waals surface area contributed by atoms with Gasteiger partial charge in [-0.15, -0.1) is 11.3 Å². The molecule has 0 spiro atoms. The van der Waals surface area contributed by atoms with E-state index in [1.54, 1.807) is 35.2 Å². The van der Waals surface area contributed by atoms with Gasteiger partial charge in [0.25, 0.3) is 5.69 Å². The van der Waals surface area contributed by atoms with Crippen LogP contribution in [0.1, 0.15) is 86.6 Å². The second-order valence-electron chi connectivity index (χ2n) is 18.5. The van der Waals surface area contributed by atoms with Gasteiger partial charge in [-0.1, -0.05) is 67.2 Å². The number of non-ortho nitro benzene ring substituents is 1. The van der Waals surface area contributed by atoms with Crippen molar-refractivity contribution in [1.29, 1.82) is 0 Å². The number of nitro benzene ring substituents is 1. The third kappa shape index (κ3) is 9.81. The minimum Gasteiger partial charge on any atom is -0.391 e. The number of carbonyl (C=O) groups excluding carboxylic acids is 2. The van der Waals surface area contributed by atoms with E-state index in [1.807, 2.05) is 69.6 Å². The van der Waals surface area contributed by atoms with Gasteiger partial charge in [0.1, 0.15) is 12.0 Å². The number of hydrogen-bond donors (Lipinski definition) is 2. The van der Waals surface area contributed by atoms with Crippen LogP contribution in [0, 0.1) is 28.9 Å². The van der Waals surface area contributed by atoms with Crippen LogP contribution in [-0.4, -0.2) is 106 Å². The molecule has 2 aromatic heterocycles. The summed E-state index contributed by atoms with van der Waals surface area (Å²) in [5, 5.41) is 29.6. The van der Waals surface area contributed by atoms with E-state index in [-0.39, 0.29) is 47.4 Å². The van der Waals surface area contributed by atoms with E-state index in [1.165, 1.54) is 27.5 Å². The van der Waals surface area contributed by atoms with Crippen LogP contribution in [0.3, 0.4) is 0 Å². The Morgan fingerprint density at radius 2 is 1.66 bits per heavy atom. The smallest absolute Gasteiger partial charge is 0.270 e. The van der Waals surface area contributed by atoms with Crippen LogP contribution in [0.4, 0.5) is 17.2 Å². The SMILES string of the molecule is Cc1ncsc1-c1ccc([C@H](C)NC(=O)[C@@H]2C[C@@H](O)CN2C(=O)[C@@H](c2cc(N3CCN(CCC4CCN(c5ccc6c(c5)Sc5cc([N+](=O)[O-])ccc5C6)CC4)CC3)no2)C(C)C)cc1. The van der Waals surface area contributed by atoms with Gasteiger partial charge in [-0.05, 0) is 92.3 Å². The quantitative estimate of drug-likeness (QED) is 0.0848. The first-order valence-corrected chi connectivity index (χ1v) is 24.6. The van der Waals surface area contributed by atoms with Crippen molar-refractivity contribution >= 4 is 52.1 Å². The molecule has 9 rings (SSSR count). The van der Waals surface area contributed by atoms with Crippen molar-refractivity contribution < 1.29 is 24.1 Å². The summed E-state index contributed by atoms with van der Waals surface area (Å²) < 4.78 is 5.91. The van der Waals surface area contributed by atoms with Gasteiger partial charge in [0.2, 0.25) is 11.8 Å². The number of piperidine rings is 1. The lowest BCUT2D eigenvalue weighted by Crippen LogP contribution is -2.48. The highest BCUT2D eigenvalue weighted by Crippen LogP contribution is 2.43. The van der Waals surface area contributed by atoms with Gasteiger partial charge in [0.15, 0.2) is 11.6 Å². The third-order valence-electron chi connectivity index (χ3n) is 13.8. The molecule has 65 heavy (non-hydrogen) atoms. The van der Waals surface area contributed by atoms with Gasteiger partial charge in [-0.3, -0.25) is 24.6 Å². The molecular formula is C49H58N8O6S2. The molecule has 0 radical (unpaired) electrons. The van der Waals surface area contributed by atoms with Crippen molar-refractivity contribution in [1.82, 2.24) is 25.3 Å². The lowest BCUT2D eigenvalue weighted by molar-refractivity contribution is -0.385. The van der Waals surface area contributed by atoms with Crippen LogP contribution in [0.25, 0.3) is 10.4 Å². The molecule has 14 nitrogen and oxygen atoms in total. The molecule has 4 atom stereocenters. The topological polar surface area (TPSA) is 161 Å². The summed E-state index contributed by atoms with van der Waals surface area (Å²) in [5.74, 6) is 0.562. The summed E-state index contributed by atoms with van der Waals surface area (Å²) in [6.07, 6.45) is 3.64. The molecule has 2 N–H and O–H groups in total.